The van der Waals surface area contributed by atoms with Gasteiger partial charge in [-0.1, -0.05) is 6.07 Å². The maximum atomic E-state index is 12.4. The summed E-state index contributed by atoms with van der Waals surface area (Å²) >= 11 is 0. The Kier molecular flexibility index (Phi) is 4.08. The van der Waals surface area contributed by atoms with E-state index in [1.807, 2.05) is 45.0 Å². The Morgan fingerprint density at radius 1 is 1.40 bits per heavy atom. The zero-order chi connectivity index (χ0) is 14.7. The van der Waals surface area contributed by atoms with Gasteiger partial charge in [0.2, 0.25) is 0 Å². The highest BCUT2D eigenvalue weighted by Crippen LogP contribution is 2.13. The van der Waals surface area contributed by atoms with Crippen molar-refractivity contribution in [1.82, 2.24) is 14.7 Å². The second kappa shape index (κ2) is 5.77. The van der Waals surface area contributed by atoms with Gasteiger partial charge in [-0.15, -0.1) is 0 Å². The summed E-state index contributed by atoms with van der Waals surface area (Å²) in [4.78, 5) is 14.1. The predicted molar refractivity (Wildman–Crippen MR) is 79.8 cm³/mol. The fourth-order valence-electron chi connectivity index (χ4n) is 2.14. The van der Waals surface area contributed by atoms with Crippen molar-refractivity contribution < 1.29 is 4.79 Å². The minimum atomic E-state index is -0.0508. The number of nitrogens with two attached hydrogens (primary N) is 1. The molecule has 106 valence electrons. The molecular formula is C15H20N4O. The maximum Gasteiger partial charge on any atom is 0.274 e. The highest BCUT2D eigenvalue weighted by molar-refractivity contribution is 5.92. The zero-order valence-corrected chi connectivity index (χ0v) is 12.1. The number of nitrogens with zero attached hydrogens (tertiary/aromatic N) is 3. The zero-order valence-electron chi connectivity index (χ0n) is 12.1. The Balaban J connectivity index is 2.27. The molecule has 0 aliphatic rings. The van der Waals surface area contributed by atoms with Crippen molar-refractivity contribution in [1.29, 1.82) is 0 Å². The molecule has 0 saturated heterocycles. The molecule has 1 heterocycles. The predicted octanol–water partition coefficient (Wildman–Crippen LogP) is 2.33. The summed E-state index contributed by atoms with van der Waals surface area (Å²) in [5.41, 5.74) is 7.72. The Bertz CT molecular complexity index is 603. The summed E-state index contributed by atoms with van der Waals surface area (Å²) in [6, 6.07) is 9.29. The first-order valence-electron chi connectivity index (χ1n) is 6.75. The molecule has 0 atom stereocenters. The molecule has 0 unspecified atom stereocenters. The van der Waals surface area contributed by atoms with Crippen LogP contribution in [0.4, 0.5) is 5.69 Å². The van der Waals surface area contributed by atoms with Gasteiger partial charge in [-0.05, 0) is 45.0 Å². The summed E-state index contributed by atoms with van der Waals surface area (Å²) in [5.74, 6) is -0.0508. The molecule has 5 heteroatoms. The Morgan fingerprint density at radius 3 is 2.75 bits per heavy atom. The quantitative estimate of drug-likeness (QED) is 0.869. The van der Waals surface area contributed by atoms with Gasteiger partial charge in [0.05, 0.1) is 5.69 Å². The van der Waals surface area contributed by atoms with Crippen LogP contribution in [0.5, 0.6) is 0 Å². The second-order valence-electron chi connectivity index (χ2n) is 4.93. The van der Waals surface area contributed by atoms with Crippen LogP contribution in [0.3, 0.4) is 0 Å². The molecule has 0 bridgehead atoms. The van der Waals surface area contributed by atoms with E-state index in [1.54, 1.807) is 21.8 Å². The lowest BCUT2D eigenvalue weighted by atomic mass is 10.3. The molecule has 0 spiro atoms. The molecular weight excluding hydrogens is 252 g/mol. The van der Waals surface area contributed by atoms with E-state index < -0.39 is 0 Å². The molecule has 0 saturated carbocycles. The van der Waals surface area contributed by atoms with Crippen LogP contribution >= 0.6 is 0 Å². The van der Waals surface area contributed by atoms with E-state index in [4.69, 9.17) is 5.73 Å². The van der Waals surface area contributed by atoms with Gasteiger partial charge < -0.3 is 10.6 Å². The molecule has 5 nitrogen and oxygen atoms in total. The topological polar surface area (TPSA) is 64.2 Å². The molecule has 0 radical (unpaired) electrons. The largest absolute Gasteiger partial charge is 0.399 e. The van der Waals surface area contributed by atoms with Crippen molar-refractivity contribution >= 4 is 11.6 Å². The smallest absolute Gasteiger partial charge is 0.274 e. The van der Waals surface area contributed by atoms with Gasteiger partial charge in [-0.2, -0.15) is 5.10 Å². The second-order valence-corrected chi connectivity index (χ2v) is 4.93. The van der Waals surface area contributed by atoms with Crippen LogP contribution in [0.1, 0.15) is 31.3 Å². The minimum absolute atomic E-state index is 0.0508. The van der Waals surface area contributed by atoms with Gasteiger partial charge in [-0.3, -0.25) is 4.79 Å². The number of anilines is 1. The SMILES string of the molecule is CCN(C(=O)c1ccn(-c2cccc(N)c2)n1)C(C)C. The number of hydrogen-bond donors (Lipinski definition) is 1. The lowest BCUT2D eigenvalue weighted by Gasteiger charge is -2.24. The van der Waals surface area contributed by atoms with Crippen LogP contribution in [0.2, 0.25) is 0 Å². The summed E-state index contributed by atoms with van der Waals surface area (Å²) in [6.45, 7) is 6.63. The van der Waals surface area contributed by atoms with E-state index in [0.29, 0.717) is 17.9 Å². The van der Waals surface area contributed by atoms with E-state index in [-0.39, 0.29) is 11.9 Å². The number of rotatable bonds is 4. The van der Waals surface area contributed by atoms with Crippen molar-refractivity contribution in [2.45, 2.75) is 26.8 Å². The molecule has 2 aromatic rings. The first kappa shape index (κ1) is 14.1. The van der Waals surface area contributed by atoms with Crippen LogP contribution < -0.4 is 5.73 Å². The molecule has 2 N–H and O–H groups in total. The Hall–Kier alpha value is -2.30. The van der Waals surface area contributed by atoms with E-state index in [9.17, 15) is 4.79 Å². The Labute approximate surface area is 119 Å². The number of nitrogen functional groups attached to an aromatic ring is 1. The fraction of sp³-hybridized carbons (Fsp3) is 0.333. The summed E-state index contributed by atoms with van der Waals surface area (Å²) in [5, 5.41) is 4.34. The number of amides is 1. The number of benzene rings is 1. The number of hydrogen-bond acceptors (Lipinski definition) is 3. The van der Waals surface area contributed by atoms with Gasteiger partial charge in [0, 0.05) is 24.5 Å². The monoisotopic (exact) mass is 272 g/mol. The average molecular weight is 272 g/mol. The molecule has 1 aromatic heterocycles. The number of aromatic nitrogens is 2. The number of carbonyl (C=O) groups excluding carboxylic acids is 1. The lowest BCUT2D eigenvalue weighted by Crippen LogP contribution is -2.36. The van der Waals surface area contributed by atoms with Crippen LogP contribution in [0.15, 0.2) is 36.5 Å². The van der Waals surface area contributed by atoms with E-state index in [2.05, 4.69) is 5.10 Å². The van der Waals surface area contributed by atoms with Crippen molar-refractivity contribution in [3.63, 3.8) is 0 Å². The summed E-state index contributed by atoms with van der Waals surface area (Å²) in [7, 11) is 0. The van der Waals surface area contributed by atoms with Crippen molar-refractivity contribution in [2.24, 2.45) is 0 Å². The molecule has 1 amide bonds. The van der Waals surface area contributed by atoms with Gasteiger partial charge in [0.25, 0.3) is 5.91 Å². The highest BCUT2D eigenvalue weighted by atomic mass is 16.2. The average Bonchev–Trinajstić information content (AvgIpc) is 2.88. The number of carbonyl (C=O) groups is 1. The van der Waals surface area contributed by atoms with E-state index in [1.165, 1.54) is 0 Å². The van der Waals surface area contributed by atoms with Crippen LogP contribution in [0, 0.1) is 0 Å². The molecule has 0 aliphatic heterocycles. The normalized spacial score (nSPS) is 10.8. The van der Waals surface area contributed by atoms with Crippen molar-refractivity contribution in [2.75, 3.05) is 12.3 Å². The first-order valence-corrected chi connectivity index (χ1v) is 6.75. The minimum Gasteiger partial charge on any atom is -0.399 e. The van der Waals surface area contributed by atoms with Gasteiger partial charge in [0.15, 0.2) is 5.69 Å². The third-order valence-corrected chi connectivity index (χ3v) is 3.17. The van der Waals surface area contributed by atoms with Gasteiger partial charge in [0.1, 0.15) is 0 Å². The summed E-state index contributed by atoms with van der Waals surface area (Å²) < 4.78 is 1.66. The Morgan fingerprint density at radius 2 is 2.15 bits per heavy atom. The van der Waals surface area contributed by atoms with E-state index in [0.717, 1.165) is 5.69 Å². The van der Waals surface area contributed by atoms with E-state index >= 15 is 0 Å². The molecule has 1 aromatic carbocycles. The molecule has 2 rings (SSSR count). The first-order chi connectivity index (χ1) is 9.52. The standard InChI is InChI=1S/C15H20N4O/c1-4-18(11(2)3)15(20)14-8-9-19(17-14)13-7-5-6-12(16)10-13/h5-11H,4,16H2,1-3H3. The van der Waals surface area contributed by atoms with Gasteiger partial charge in [-0.25, -0.2) is 4.68 Å². The van der Waals surface area contributed by atoms with Crippen LogP contribution in [0.25, 0.3) is 5.69 Å². The fourth-order valence-corrected chi connectivity index (χ4v) is 2.14. The highest BCUT2D eigenvalue weighted by Gasteiger charge is 2.19. The third-order valence-electron chi connectivity index (χ3n) is 3.17. The van der Waals surface area contributed by atoms with Gasteiger partial charge >= 0.3 is 0 Å². The van der Waals surface area contributed by atoms with Crippen molar-refractivity contribution in [3.8, 4) is 5.69 Å². The molecule has 0 aliphatic carbocycles. The summed E-state index contributed by atoms with van der Waals surface area (Å²) in [6.07, 6.45) is 1.77. The maximum absolute atomic E-state index is 12.4. The molecule has 20 heavy (non-hydrogen) atoms. The third kappa shape index (κ3) is 2.82. The van der Waals surface area contributed by atoms with Crippen LogP contribution in [-0.4, -0.2) is 33.2 Å². The van der Waals surface area contributed by atoms with Crippen LogP contribution in [-0.2, 0) is 0 Å². The lowest BCUT2D eigenvalue weighted by molar-refractivity contribution is 0.0710. The van der Waals surface area contributed by atoms with Crippen molar-refractivity contribution in [3.05, 3.63) is 42.2 Å². The molecule has 0 fully saturated rings.